The van der Waals surface area contributed by atoms with Gasteiger partial charge >= 0.3 is 0 Å². The van der Waals surface area contributed by atoms with Crippen LogP contribution in [-0.4, -0.2) is 64.9 Å². The van der Waals surface area contributed by atoms with Gasteiger partial charge in [-0.2, -0.15) is 0 Å². The second kappa shape index (κ2) is 10.3. The second-order valence-electron chi connectivity index (χ2n) is 8.95. The predicted octanol–water partition coefficient (Wildman–Crippen LogP) is 2.74. The van der Waals surface area contributed by atoms with Crippen LogP contribution < -0.4 is 20.1 Å². The molecule has 35 heavy (non-hydrogen) atoms. The van der Waals surface area contributed by atoms with Crippen molar-refractivity contribution < 1.29 is 23.8 Å². The van der Waals surface area contributed by atoms with E-state index in [2.05, 4.69) is 25.6 Å². The van der Waals surface area contributed by atoms with Gasteiger partial charge in [-0.3, -0.25) is 4.79 Å². The maximum absolute atomic E-state index is 14.5. The van der Waals surface area contributed by atoms with Crippen LogP contribution in [0.1, 0.15) is 35.3 Å². The Bertz CT molecular complexity index is 1230. The number of aryl methyl sites for hydroxylation is 1. The first kappa shape index (κ1) is 25.2. The Balaban J connectivity index is 0.00000289. The molecule has 2 aliphatic rings. The van der Waals surface area contributed by atoms with Crippen LogP contribution in [0.5, 0.6) is 11.5 Å². The van der Waals surface area contributed by atoms with Crippen LogP contribution in [0, 0.1) is 18.7 Å². The molecule has 3 aromatic rings. The normalized spacial score (nSPS) is 19.8. The van der Waals surface area contributed by atoms with Crippen molar-refractivity contribution in [3.8, 4) is 22.8 Å². The Morgan fingerprint density at radius 2 is 2.06 bits per heavy atom. The maximum Gasteiger partial charge on any atom is 0.255 e. The van der Waals surface area contributed by atoms with Crippen LogP contribution in [0.2, 0.25) is 0 Å². The second-order valence-corrected chi connectivity index (χ2v) is 8.95. The quantitative estimate of drug-likeness (QED) is 0.389. The van der Waals surface area contributed by atoms with Gasteiger partial charge in [-0.15, -0.1) is 12.4 Å². The summed E-state index contributed by atoms with van der Waals surface area (Å²) in [6.45, 7) is 3.49. The molecule has 0 radical (unpaired) electrons. The topological polar surface area (TPSA) is 121 Å². The van der Waals surface area contributed by atoms with Gasteiger partial charge in [0.25, 0.3) is 5.91 Å². The van der Waals surface area contributed by atoms with E-state index in [9.17, 15) is 14.3 Å². The van der Waals surface area contributed by atoms with Crippen LogP contribution in [0.25, 0.3) is 22.3 Å². The molecule has 1 aliphatic heterocycles. The van der Waals surface area contributed by atoms with E-state index in [1.54, 1.807) is 13.0 Å². The minimum atomic E-state index is -0.612. The Morgan fingerprint density at radius 1 is 1.26 bits per heavy atom. The number of hydrogen-bond donors (Lipinski definition) is 4. The van der Waals surface area contributed by atoms with Crippen LogP contribution in [-0.2, 0) is 0 Å². The smallest absolute Gasteiger partial charge is 0.255 e. The van der Waals surface area contributed by atoms with Crippen molar-refractivity contribution in [2.45, 2.75) is 38.3 Å². The maximum atomic E-state index is 14.5. The fourth-order valence-electron chi connectivity index (χ4n) is 4.32. The number of aliphatic hydroxyl groups is 1. The number of carbonyl (C=O) groups excluding carboxylic acids is 1. The summed E-state index contributed by atoms with van der Waals surface area (Å²) in [4.78, 5) is 25.2. The average molecular weight is 506 g/mol. The number of H-pyrrole nitrogens is 1. The van der Waals surface area contributed by atoms with Crippen LogP contribution in [0.3, 0.4) is 0 Å². The zero-order chi connectivity index (χ0) is 23.8. The molecule has 9 nitrogen and oxygen atoms in total. The lowest BCUT2D eigenvalue weighted by molar-refractivity contribution is 0.0755. The molecule has 2 atom stereocenters. The molecule has 3 heterocycles. The molecule has 1 saturated heterocycles. The highest BCUT2D eigenvalue weighted by Crippen LogP contribution is 2.39. The average Bonchev–Trinajstić information content (AvgIpc) is 3.59. The van der Waals surface area contributed by atoms with E-state index in [-0.39, 0.29) is 24.1 Å². The van der Waals surface area contributed by atoms with Crippen molar-refractivity contribution in [2.75, 3.05) is 26.8 Å². The molecule has 1 aromatic carbocycles. The predicted molar refractivity (Wildman–Crippen MR) is 131 cm³/mol. The number of hydrogen-bond acceptors (Lipinski definition) is 7. The molecule has 0 bridgehead atoms. The molecule has 1 amide bonds. The van der Waals surface area contributed by atoms with Crippen LogP contribution >= 0.6 is 12.4 Å². The van der Waals surface area contributed by atoms with E-state index in [0.29, 0.717) is 71.3 Å². The molecule has 188 valence electrons. The number of aromatic amines is 1. The number of nitrogens with one attached hydrogen (secondary N) is 3. The first-order chi connectivity index (χ1) is 16.5. The number of amides is 1. The van der Waals surface area contributed by atoms with Crippen LogP contribution in [0.4, 0.5) is 4.39 Å². The SMILES string of the molecule is COc1cc(-c2ncnc3c(C(=O)N[C@H]4CNCC[C@@H]4O)c(C)[nH]c23)c(OCC2CC2)cc1F.Cl. The highest BCUT2D eigenvalue weighted by atomic mass is 35.5. The molecule has 0 spiro atoms. The lowest BCUT2D eigenvalue weighted by Crippen LogP contribution is -2.53. The fourth-order valence-corrected chi connectivity index (χ4v) is 4.32. The Hall–Kier alpha value is -2.95. The molecular formula is C24H29ClFN5O4. The fraction of sp³-hybridized carbons (Fsp3) is 0.458. The summed E-state index contributed by atoms with van der Waals surface area (Å²) in [5.41, 5.74) is 3.00. The summed E-state index contributed by atoms with van der Waals surface area (Å²) in [5.74, 6) is 0.0595. The summed E-state index contributed by atoms with van der Waals surface area (Å²) in [7, 11) is 1.40. The summed E-state index contributed by atoms with van der Waals surface area (Å²) < 4.78 is 25.7. The van der Waals surface area contributed by atoms with Crippen molar-refractivity contribution in [3.05, 3.63) is 35.5 Å². The van der Waals surface area contributed by atoms with E-state index in [1.807, 2.05) is 0 Å². The number of methoxy groups -OCH3 is 1. The number of piperidine rings is 1. The molecule has 0 unspecified atom stereocenters. The number of ether oxygens (including phenoxy) is 2. The van der Waals surface area contributed by atoms with E-state index in [4.69, 9.17) is 9.47 Å². The number of carbonyl (C=O) groups is 1. The van der Waals surface area contributed by atoms with Crippen molar-refractivity contribution in [2.24, 2.45) is 5.92 Å². The van der Waals surface area contributed by atoms with Crippen molar-refractivity contribution >= 4 is 29.3 Å². The molecular weight excluding hydrogens is 477 g/mol. The minimum absolute atomic E-state index is 0. The van der Waals surface area contributed by atoms with Gasteiger partial charge in [0.2, 0.25) is 0 Å². The summed E-state index contributed by atoms with van der Waals surface area (Å²) in [6.07, 6.45) is 3.54. The van der Waals surface area contributed by atoms with Crippen LogP contribution in [0.15, 0.2) is 18.5 Å². The number of rotatable bonds is 7. The van der Waals surface area contributed by atoms with Gasteiger partial charge in [0.1, 0.15) is 23.3 Å². The molecule has 1 aliphatic carbocycles. The van der Waals surface area contributed by atoms with Gasteiger partial charge < -0.3 is 30.2 Å². The number of fused-ring (bicyclic) bond motifs is 1. The first-order valence-corrected chi connectivity index (χ1v) is 11.5. The number of halogens is 2. The lowest BCUT2D eigenvalue weighted by atomic mass is 10.0. The van der Waals surface area contributed by atoms with E-state index < -0.39 is 18.0 Å². The van der Waals surface area contributed by atoms with Gasteiger partial charge in [0, 0.05) is 23.9 Å². The van der Waals surface area contributed by atoms with E-state index in [0.717, 1.165) is 12.8 Å². The van der Waals surface area contributed by atoms with Crippen molar-refractivity contribution in [1.82, 2.24) is 25.6 Å². The Kier molecular flexibility index (Phi) is 7.44. The number of benzene rings is 1. The van der Waals surface area contributed by atoms with Gasteiger partial charge in [-0.1, -0.05) is 0 Å². The third kappa shape index (κ3) is 5.05. The van der Waals surface area contributed by atoms with Crippen molar-refractivity contribution in [1.29, 1.82) is 0 Å². The zero-order valence-electron chi connectivity index (χ0n) is 19.6. The Labute approximate surface area is 208 Å². The monoisotopic (exact) mass is 505 g/mol. The van der Waals surface area contributed by atoms with Gasteiger partial charge in [0.05, 0.1) is 36.9 Å². The Morgan fingerprint density at radius 3 is 2.77 bits per heavy atom. The number of aromatic nitrogens is 3. The number of aliphatic hydroxyl groups excluding tert-OH is 1. The molecule has 11 heteroatoms. The number of nitrogens with zero attached hydrogens (tertiary/aromatic N) is 2. The van der Waals surface area contributed by atoms with E-state index >= 15 is 0 Å². The van der Waals surface area contributed by atoms with Gasteiger partial charge in [-0.05, 0) is 44.7 Å². The van der Waals surface area contributed by atoms with Gasteiger partial charge in [0.15, 0.2) is 11.6 Å². The van der Waals surface area contributed by atoms with Gasteiger partial charge in [-0.25, -0.2) is 14.4 Å². The molecule has 2 fully saturated rings. The third-order valence-electron chi connectivity index (χ3n) is 6.44. The summed E-state index contributed by atoms with van der Waals surface area (Å²) >= 11 is 0. The molecule has 2 aromatic heterocycles. The molecule has 5 rings (SSSR count). The molecule has 4 N–H and O–H groups in total. The zero-order valence-corrected chi connectivity index (χ0v) is 20.4. The standard InChI is InChI=1S/C24H28FN5O4.ClH/c1-12-20(24(32)30-16-9-26-6-5-17(16)31)22-23(29-12)21(27-11-28-22)14-7-19(33-2)15(25)8-18(14)34-10-13-3-4-13;/h7-8,11,13,16-17,26,29,31H,3-6,9-10H2,1-2H3,(H,30,32);1H/t16-,17-;/m0./s1. The molecule has 1 saturated carbocycles. The highest BCUT2D eigenvalue weighted by Gasteiger charge is 2.29. The lowest BCUT2D eigenvalue weighted by Gasteiger charge is -2.29. The minimum Gasteiger partial charge on any atom is -0.494 e. The van der Waals surface area contributed by atoms with Crippen molar-refractivity contribution in [3.63, 3.8) is 0 Å². The highest BCUT2D eigenvalue weighted by molar-refractivity contribution is 6.09. The summed E-state index contributed by atoms with van der Waals surface area (Å²) in [6, 6.07) is 2.47. The summed E-state index contributed by atoms with van der Waals surface area (Å²) in [5, 5.41) is 16.3. The van der Waals surface area contributed by atoms with E-state index in [1.165, 1.54) is 19.5 Å². The first-order valence-electron chi connectivity index (χ1n) is 11.5. The largest absolute Gasteiger partial charge is 0.494 e. The third-order valence-corrected chi connectivity index (χ3v) is 6.44.